The van der Waals surface area contributed by atoms with Crippen LogP contribution in [-0.2, 0) is 10.0 Å². The lowest BCUT2D eigenvalue weighted by Crippen LogP contribution is -2.39. The maximum atomic E-state index is 14.6. The quantitative estimate of drug-likeness (QED) is 0.409. The number of rotatable bonds is 4. The van der Waals surface area contributed by atoms with Crippen LogP contribution in [0.1, 0.15) is 24.6 Å². The molecule has 1 N–H and O–H groups in total. The van der Waals surface area contributed by atoms with Gasteiger partial charge in [0.05, 0.1) is 22.2 Å². The molecule has 6 rings (SSSR count). The van der Waals surface area contributed by atoms with Crippen LogP contribution in [0.5, 0.6) is 0 Å². The molecule has 5 aromatic rings. The molecule has 4 aromatic heterocycles. The van der Waals surface area contributed by atoms with Crippen molar-refractivity contribution in [2.45, 2.75) is 30.7 Å². The Morgan fingerprint density at radius 3 is 2.71 bits per heavy atom. The van der Waals surface area contributed by atoms with Gasteiger partial charge >= 0.3 is 0 Å². The van der Waals surface area contributed by atoms with E-state index in [-0.39, 0.29) is 10.9 Å². The Balaban J connectivity index is 1.32. The summed E-state index contributed by atoms with van der Waals surface area (Å²) in [6.45, 7) is 2.53. The van der Waals surface area contributed by atoms with Crippen LogP contribution in [0.25, 0.3) is 33.5 Å². The first-order valence-corrected chi connectivity index (χ1v) is 12.8. The molecule has 1 saturated heterocycles. The summed E-state index contributed by atoms with van der Waals surface area (Å²) in [5.41, 5.74) is 3.22. The number of sulfonamides is 1. The Kier molecular flexibility index (Phi) is 5.11. The zero-order valence-corrected chi connectivity index (χ0v) is 19.7. The summed E-state index contributed by atoms with van der Waals surface area (Å²) in [6, 6.07) is 10.1. The Bertz CT molecular complexity index is 1670. The summed E-state index contributed by atoms with van der Waals surface area (Å²) >= 11 is 0. The Hall–Kier alpha value is -3.70. The van der Waals surface area contributed by atoms with Gasteiger partial charge in [0.2, 0.25) is 10.0 Å². The van der Waals surface area contributed by atoms with E-state index in [4.69, 9.17) is 0 Å². The van der Waals surface area contributed by atoms with Crippen LogP contribution in [0.3, 0.4) is 0 Å². The second-order valence-electron chi connectivity index (χ2n) is 8.67. The van der Waals surface area contributed by atoms with Crippen molar-refractivity contribution < 1.29 is 12.8 Å². The topological polar surface area (TPSA) is 110 Å². The van der Waals surface area contributed by atoms with Gasteiger partial charge in [-0.05, 0) is 56.2 Å². The number of nitrogens with zero attached hydrogens (tertiary/aromatic N) is 6. The fourth-order valence-corrected chi connectivity index (χ4v) is 6.29. The summed E-state index contributed by atoms with van der Waals surface area (Å²) < 4.78 is 44.9. The molecule has 1 aliphatic heterocycles. The normalized spacial score (nSPS) is 15.8. The molecule has 0 amide bonds. The predicted molar refractivity (Wildman–Crippen MR) is 129 cm³/mol. The van der Waals surface area contributed by atoms with Crippen LogP contribution in [-0.4, -0.2) is 55.5 Å². The van der Waals surface area contributed by atoms with E-state index >= 15 is 0 Å². The van der Waals surface area contributed by atoms with E-state index in [9.17, 15) is 12.8 Å². The predicted octanol–water partition coefficient (Wildman–Crippen LogP) is 3.84. The van der Waals surface area contributed by atoms with Crippen molar-refractivity contribution in [3.05, 3.63) is 66.5 Å². The summed E-state index contributed by atoms with van der Waals surface area (Å²) in [7, 11) is -3.67. The highest BCUT2D eigenvalue weighted by Crippen LogP contribution is 2.35. The van der Waals surface area contributed by atoms with Gasteiger partial charge in [-0.15, -0.1) is 0 Å². The molecule has 9 nitrogen and oxygen atoms in total. The molecule has 0 aliphatic carbocycles. The molecule has 0 spiro atoms. The average Bonchev–Trinajstić information content (AvgIpc) is 3.45. The number of aromatic nitrogens is 6. The van der Waals surface area contributed by atoms with Crippen molar-refractivity contribution in [2.75, 3.05) is 13.1 Å². The van der Waals surface area contributed by atoms with Crippen molar-refractivity contribution in [3.8, 4) is 11.4 Å². The molecule has 0 atom stereocenters. The van der Waals surface area contributed by atoms with Crippen LogP contribution in [0.15, 0.2) is 59.9 Å². The number of aryl methyl sites for hydroxylation is 1. The molecule has 0 unspecified atom stereocenters. The second-order valence-corrected chi connectivity index (χ2v) is 10.6. The van der Waals surface area contributed by atoms with Gasteiger partial charge in [-0.3, -0.25) is 10.1 Å². The number of hydrogen-bond acceptors (Lipinski definition) is 6. The molecule has 11 heteroatoms. The largest absolute Gasteiger partial charge is 0.305 e. The smallest absolute Gasteiger partial charge is 0.243 e. The summed E-state index contributed by atoms with van der Waals surface area (Å²) in [5, 5.41) is 7.86. The van der Waals surface area contributed by atoms with Crippen molar-refractivity contribution in [1.82, 2.24) is 34.0 Å². The van der Waals surface area contributed by atoms with E-state index in [1.165, 1.54) is 16.7 Å². The molecule has 1 aromatic carbocycles. The van der Waals surface area contributed by atoms with Gasteiger partial charge in [0.25, 0.3) is 0 Å². The Labute approximate surface area is 200 Å². The maximum Gasteiger partial charge on any atom is 0.243 e. The fraction of sp³-hybridized carbons (Fsp3) is 0.250. The van der Waals surface area contributed by atoms with E-state index < -0.39 is 15.8 Å². The number of fused-ring (bicyclic) bond motifs is 2. The number of nitrogens with one attached hydrogen (secondary N) is 1. The molecule has 35 heavy (non-hydrogen) atoms. The first-order valence-electron chi connectivity index (χ1n) is 11.3. The van der Waals surface area contributed by atoms with Crippen molar-refractivity contribution in [2.24, 2.45) is 0 Å². The van der Waals surface area contributed by atoms with Gasteiger partial charge in [0.15, 0.2) is 11.5 Å². The first kappa shape index (κ1) is 21.8. The number of halogens is 1. The van der Waals surface area contributed by atoms with Gasteiger partial charge in [-0.2, -0.15) is 9.40 Å². The van der Waals surface area contributed by atoms with Crippen molar-refractivity contribution in [1.29, 1.82) is 0 Å². The van der Waals surface area contributed by atoms with Gasteiger partial charge in [0, 0.05) is 42.6 Å². The number of H-pyrrole nitrogens is 1. The zero-order valence-electron chi connectivity index (χ0n) is 18.9. The number of aromatic amines is 1. The lowest BCUT2D eigenvalue weighted by atomic mass is 10.1. The molecule has 0 radical (unpaired) electrons. The zero-order chi connectivity index (χ0) is 24.2. The van der Waals surface area contributed by atoms with E-state index in [1.54, 1.807) is 36.5 Å². The fourth-order valence-electron chi connectivity index (χ4n) is 4.79. The first-order chi connectivity index (χ1) is 16.9. The van der Waals surface area contributed by atoms with Crippen molar-refractivity contribution in [3.63, 3.8) is 0 Å². The standard InChI is InChI=1S/C24H22FN7O2S/c1-15-19-13-17(4-5-21(19)30-29-15)35(33,34)31-11-7-16(8-12-31)32-23(18-6-10-26-14-20(18)25)28-22-3-2-9-27-24(22)32/h2-6,9-10,13-14,16H,7-8,11-12H2,1H3,(H,29,30). The Morgan fingerprint density at radius 1 is 1.09 bits per heavy atom. The maximum absolute atomic E-state index is 14.6. The second kappa shape index (κ2) is 8.21. The molecule has 0 bridgehead atoms. The lowest BCUT2D eigenvalue weighted by molar-refractivity contribution is 0.278. The third-order valence-corrected chi connectivity index (χ3v) is 8.50. The monoisotopic (exact) mass is 491 g/mol. The number of piperidine rings is 1. The third kappa shape index (κ3) is 3.58. The SMILES string of the molecule is Cc1[nH]nc2ccc(S(=O)(=O)N3CCC(n4c(-c5ccncc5F)nc5cccnc54)CC3)cc12. The summed E-state index contributed by atoms with van der Waals surface area (Å²) in [5.74, 6) is 0.00907. The third-order valence-electron chi connectivity index (χ3n) is 6.60. The molecular weight excluding hydrogens is 469 g/mol. The van der Waals surface area contributed by atoms with Crippen LogP contribution in [0.2, 0.25) is 0 Å². The minimum atomic E-state index is -3.67. The molecule has 1 aliphatic rings. The highest BCUT2D eigenvalue weighted by molar-refractivity contribution is 7.89. The molecular formula is C24H22FN7O2S. The molecule has 178 valence electrons. The number of pyridine rings is 2. The Morgan fingerprint density at radius 2 is 1.91 bits per heavy atom. The van der Waals surface area contributed by atoms with Crippen molar-refractivity contribution >= 4 is 32.1 Å². The number of hydrogen-bond donors (Lipinski definition) is 1. The van der Waals surface area contributed by atoms with Crippen LogP contribution in [0, 0.1) is 12.7 Å². The van der Waals surface area contributed by atoms with Crippen LogP contribution >= 0.6 is 0 Å². The minimum Gasteiger partial charge on any atom is -0.305 e. The average molecular weight is 492 g/mol. The van der Waals surface area contributed by atoms with E-state index in [0.717, 1.165) is 16.6 Å². The van der Waals surface area contributed by atoms with Crippen LogP contribution < -0.4 is 0 Å². The highest BCUT2D eigenvalue weighted by atomic mass is 32.2. The van der Waals surface area contributed by atoms with Gasteiger partial charge < -0.3 is 4.57 Å². The van der Waals surface area contributed by atoms with Gasteiger partial charge in [-0.1, -0.05) is 0 Å². The van der Waals surface area contributed by atoms with Crippen LogP contribution in [0.4, 0.5) is 4.39 Å². The van der Waals surface area contributed by atoms with E-state index in [2.05, 4.69) is 25.1 Å². The summed E-state index contributed by atoms with van der Waals surface area (Å²) in [4.78, 5) is 13.3. The summed E-state index contributed by atoms with van der Waals surface area (Å²) in [6.07, 6.45) is 5.48. The molecule has 1 fully saturated rings. The minimum absolute atomic E-state index is 0.0810. The van der Waals surface area contributed by atoms with E-state index in [0.29, 0.717) is 48.5 Å². The number of benzene rings is 1. The number of imidazole rings is 1. The van der Waals surface area contributed by atoms with Gasteiger partial charge in [0.1, 0.15) is 11.3 Å². The van der Waals surface area contributed by atoms with E-state index in [1.807, 2.05) is 17.6 Å². The van der Waals surface area contributed by atoms with Gasteiger partial charge in [-0.25, -0.2) is 22.8 Å². The molecule has 5 heterocycles. The highest BCUT2D eigenvalue weighted by Gasteiger charge is 2.32. The lowest BCUT2D eigenvalue weighted by Gasteiger charge is -2.32. The molecule has 0 saturated carbocycles.